The van der Waals surface area contributed by atoms with E-state index in [1.165, 1.54) is 24.3 Å². The second-order valence-corrected chi connectivity index (χ2v) is 5.69. The molecule has 0 saturated carbocycles. The third-order valence-corrected chi connectivity index (χ3v) is 4.31. The summed E-state index contributed by atoms with van der Waals surface area (Å²) in [5.41, 5.74) is 0.406. The minimum absolute atomic E-state index is 0.132. The summed E-state index contributed by atoms with van der Waals surface area (Å²) < 4.78 is 14.2. The van der Waals surface area contributed by atoms with E-state index in [4.69, 9.17) is 10.4 Å². The number of hydrogen-bond donors (Lipinski definition) is 1. The van der Waals surface area contributed by atoms with Crippen molar-refractivity contribution in [3.8, 4) is 6.07 Å². The molecular weight excluding hydrogens is 345 g/mol. The maximum atomic E-state index is 14.0. The van der Waals surface area contributed by atoms with Crippen LogP contribution in [0.25, 0.3) is 0 Å². The molecule has 1 N–H and O–H groups in total. The molecule has 0 aliphatic carbocycles. The molecule has 100 valence electrons. The van der Waals surface area contributed by atoms with Gasteiger partial charge in [0.25, 0.3) is 0 Å². The Kier molecular flexibility index (Phi) is 4.42. The second-order valence-electron chi connectivity index (χ2n) is 3.78. The molecule has 2 aromatic rings. The van der Waals surface area contributed by atoms with Crippen LogP contribution in [0.5, 0.6) is 0 Å². The van der Waals surface area contributed by atoms with E-state index in [0.29, 0.717) is 9.79 Å². The second kappa shape index (κ2) is 6.07. The largest absolute Gasteiger partial charge is 0.478 e. The Balaban J connectivity index is 2.29. The van der Waals surface area contributed by atoms with Crippen LogP contribution in [-0.4, -0.2) is 11.1 Å². The number of halogens is 2. The predicted octanol–water partition coefficient (Wildman–Crippen LogP) is 4.31. The van der Waals surface area contributed by atoms with Gasteiger partial charge in [0, 0.05) is 9.79 Å². The molecule has 0 fully saturated rings. The third kappa shape index (κ3) is 3.00. The minimum Gasteiger partial charge on any atom is -0.478 e. The molecule has 0 heterocycles. The van der Waals surface area contributed by atoms with Gasteiger partial charge < -0.3 is 5.11 Å². The van der Waals surface area contributed by atoms with E-state index >= 15 is 0 Å². The van der Waals surface area contributed by atoms with E-state index in [-0.39, 0.29) is 15.6 Å². The molecular formula is C14H7BrFNO2S. The van der Waals surface area contributed by atoms with Crippen molar-refractivity contribution < 1.29 is 14.3 Å². The van der Waals surface area contributed by atoms with Crippen molar-refractivity contribution in [3.63, 3.8) is 0 Å². The first-order valence-corrected chi connectivity index (χ1v) is 7.03. The quantitative estimate of drug-likeness (QED) is 0.894. The number of nitriles is 1. The van der Waals surface area contributed by atoms with Gasteiger partial charge in [0.05, 0.1) is 15.6 Å². The van der Waals surface area contributed by atoms with Gasteiger partial charge in [0.15, 0.2) is 5.82 Å². The van der Waals surface area contributed by atoms with Gasteiger partial charge in [-0.15, -0.1) is 0 Å². The lowest BCUT2D eigenvalue weighted by Crippen LogP contribution is -1.94. The molecule has 0 unspecified atom stereocenters. The molecule has 20 heavy (non-hydrogen) atoms. The monoisotopic (exact) mass is 351 g/mol. The van der Waals surface area contributed by atoms with Gasteiger partial charge in [-0.25, -0.2) is 9.18 Å². The van der Waals surface area contributed by atoms with Crippen molar-refractivity contribution in [2.75, 3.05) is 0 Å². The number of carboxylic acids is 1. The normalized spacial score (nSPS) is 10.1. The minimum atomic E-state index is -1.01. The first kappa shape index (κ1) is 14.6. The number of benzene rings is 2. The highest BCUT2D eigenvalue weighted by Gasteiger charge is 2.12. The van der Waals surface area contributed by atoms with Crippen LogP contribution in [-0.2, 0) is 0 Å². The molecule has 3 nitrogen and oxygen atoms in total. The van der Waals surface area contributed by atoms with Crippen molar-refractivity contribution in [1.29, 1.82) is 5.26 Å². The summed E-state index contributed by atoms with van der Waals surface area (Å²) in [4.78, 5) is 11.8. The van der Waals surface area contributed by atoms with Crippen LogP contribution in [0.3, 0.4) is 0 Å². The van der Waals surface area contributed by atoms with Crippen LogP contribution in [0.15, 0.2) is 50.7 Å². The highest BCUT2D eigenvalue weighted by molar-refractivity contribution is 9.10. The number of aromatic carboxylic acids is 1. The fourth-order valence-corrected chi connectivity index (χ4v) is 2.91. The topological polar surface area (TPSA) is 61.1 Å². The van der Waals surface area contributed by atoms with Gasteiger partial charge in [-0.2, -0.15) is 5.26 Å². The molecule has 0 saturated heterocycles. The summed E-state index contributed by atoms with van der Waals surface area (Å²) in [5, 5.41) is 17.6. The first-order chi connectivity index (χ1) is 9.52. The van der Waals surface area contributed by atoms with E-state index in [9.17, 15) is 9.18 Å². The fourth-order valence-electron chi connectivity index (χ4n) is 1.49. The molecule has 6 heteroatoms. The molecule has 0 atom stereocenters. The average molecular weight is 352 g/mol. The Bertz CT molecular complexity index is 710. The van der Waals surface area contributed by atoms with Crippen molar-refractivity contribution in [1.82, 2.24) is 0 Å². The van der Waals surface area contributed by atoms with Crippen molar-refractivity contribution >= 4 is 33.7 Å². The van der Waals surface area contributed by atoms with Crippen molar-refractivity contribution in [2.45, 2.75) is 9.79 Å². The molecule has 0 aliphatic rings. The Morgan fingerprint density at radius 2 is 1.90 bits per heavy atom. The SMILES string of the molecule is N#Cc1ccc(Sc2ccc(C(=O)O)cc2)c(F)c1Br. The van der Waals surface area contributed by atoms with E-state index in [1.54, 1.807) is 12.1 Å². The molecule has 2 aromatic carbocycles. The molecule has 0 amide bonds. The van der Waals surface area contributed by atoms with Crippen LogP contribution < -0.4 is 0 Å². The molecule has 0 aliphatic heterocycles. The van der Waals surface area contributed by atoms with E-state index in [2.05, 4.69) is 15.9 Å². The first-order valence-electron chi connectivity index (χ1n) is 5.42. The number of hydrogen-bond acceptors (Lipinski definition) is 3. The lowest BCUT2D eigenvalue weighted by molar-refractivity contribution is 0.0697. The van der Waals surface area contributed by atoms with Crippen molar-refractivity contribution in [3.05, 3.63) is 57.8 Å². The van der Waals surface area contributed by atoms with Crippen molar-refractivity contribution in [2.24, 2.45) is 0 Å². The molecule has 0 spiro atoms. The summed E-state index contributed by atoms with van der Waals surface area (Å²) in [7, 11) is 0. The highest BCUT2D eigenvalue weighted by atomic mass is 79.9. The molecule has 0 aromatic heterocycles. The maximum absolute atomic E-state index is 14.0. The van der Waals surface area contributed by atoms with Crippen LogP contribution >= 0.6 is 27.7 Å². The Morgan fingerprint density at radius 1 is 1.25 bits per heavy atom. The van der Waals surface area contributed by atoms with Crippen LogP contribution in [0, 0.1) is 17.1 Å². The molecule has 0 bridgehead atoms. The number of carbonyl (C=O) groups is 1. The number of nitrogens with zero attached hydrogens (tertiary/aromatic N) is 1. The molecule has 0 radical (unpaired) electrons. The summed E-state index contributed by atoms with van der Waals surface area (Å²) in [6.07, 6.45) is 0. The standard InChI is InChI=1S/C14H7BrFNO2S/c15-12-9(7-17)3-6-11(13(12)16)20-10-4-1-8(2-5-10)14(18)19/h1-6H,(H,18,19). The predicted molar refractivity (Wildman–Crippen MR) is 76.3 cm³/mol. The summed E-state index contributed by atoms with van der Waals surface area (Å²) >= 11 is 4.21. The van der Waals surface area contributed by atoms with Crippen LogP contribution in [0.1, 0.15) is 15.9 Å². The summed E-state index contributed by atoms with van der Waals surface area (Å²) in [5.74, 6) is -1.51. The maximum Gasteiger partial charge on any atom is 0.335 e. The smallest absolute Gasteiger partial charge is 0.335 e. The zero-order chi connectivity index (χ0) is 14.7. The Morgan fingerprint density at radius 3 is 2.45 bits per heavy atom. The molecule has 2 rings (SSSR count). The Labute approximate surface area is 127 Å². The number of rotatable bonds is 3. The van der Waals surface area contributed by atoms with E-state index < -0.39 is 11.8 Å². The van der Waals surface area contributed by atoms with Gasteiger partial charge in [-0.1, -0.05) is 11.8 Å². The lowest BCUT2D eigenvalue weighted by Gasteiger charge is -2.06. The Hall–Kier alpha value is -1.84. The zero-order valence-corrected chi connectivity index (χ0v) is 12.3. The lowest BCUT2D eigenvalue weighted by atomic mass is 10.2. The van der Waals surface area contributed by atoms with Crippen LogP contribution in [0.2, 0.25) is 0 Å². The van der Waals surface area contributed by atoms with Gasteiger partial charge in [-0.3, -0.25) is 0 Å². The number of carboxylic acid groups (broad SMARTS) is 1. The van der Waals surface area contributed by atoms with Gasteiger partial charge in [-0.05, 0) is 52.3 Å². The van der Waals surface area contributed by atoms with Gasteiger partial charge >= 0.3 is 5.97 Å². The average Bonchev–Trinajstić information content (AvgIpc) is 2.45. The third-order valence-electron chi connectivity index (χ3n) is 2.50. The fraction of sp³-hybridized carbons (Fsp3) is 0. The highest BCUT2D eigenvalue weighted by Crippen LogP contribution is 2.34. The summed E-state index contributed by atoms with van der Waals surface area (Å²) in [6, 6.07) is 11.1. The summed E-state index contributed by atoms with van der Waals surface area (Å²) in [6.45, 7) is 0. The van der Waals surface area contributed by atoms with Gasteiger partial charge in [0.1, 0.15) is 6.07 Å². The van der Waals surface area contributed by atoms with Crippen LogP contribution in [0.4, 0.5) is 4.39 Å². The van der Waals surface area contributed by atoms with E-state index in [0.717, 1.165) is 11.8 Å². The van der Waals surface area contributed by atoms with E-state index in [1.807, 2.05) is 6.07 Å². The van der Waals surface area contributed by atoms with Gasteiger partial charge in [0.2, 0.25) is 0 Å². The zero-order valence-electron chi connectivity index (χ0n) is 9.93.